The average Bonchev–Trinajstić information content (AvgIpc) is 1.86. The summed E-state index contributed by atoms with van der Waals surface area (Å²) in [6.45, 7) is 2.56. The highest BCUT2D eigenvalue weighted by molar-refractivity contribution is 4.55. The molecule has 0 amide bonds. The fraction of sp³-hybridized carbons (Fsp3) is 0.750. The Balaban J connectivity index is 2.18. The zero-order valence-electron chi connectivity index (χ0n) is 3.61. The monoisotopic (exact) mass is 86.1 g/mol. The molecule has 2 nitrogen and oxygen atoms in total. The van der Waals surface area contributed by atoms with Gasteiger partial charge in [-0.1, -0.05) is 0 Å². The lowest BCUT2D eigenvalue weighted by Gasteiger charge is -2.10. The molecule has 1 atom stereocenters. The highest BCUT2D eigenvalue weighted by Crippen LogP contribution is 1.89. The molecule has 0 aromatic heterocycles. The van der Waals surface area contributed by atoms with E-state index in [2.05, 4.69) is 0 Å². The van der Waals surface area contributed by atoms with Crippen molar-refractivity contribution in [2.24, 2.45) is 0 Å². The Morgan fingerprint density at radius 3 is 2.67 bits per heavy atom. The highest BCUT2D eigenvalue weighted by atomic mass is 16.5. The molecule has 1 saturated heterocycles. The first-order valence-corrected chi connectivity index (χ1v) is 2.25. The predicted molar refractivity (Wildman–Crippen MR) is 22.7 cm³/mol. The van der Waals surface area contributed by atoms with Gasteiger partial charge in [0.1, 0.15) is 6.54 Å². The lowest BCUT2D eigenvalue weighted by molar-refractivity contribution is -0.803. The molecule has 1 N–H and O–H groups in total. The highest BCUT2D eigenvalue weighted by Gasteiger charge is 2.05. The van der Waals surface area contributed by atoms with Gasteiger partial charge in [0.25, 0.3) is 0 Å². The second-order valence-electron chi connectivity index (χ2n) is 1.56. The third-order valence-corrected chi connectivity index (χ3v) is 0.999. The maximum absolute atomic E-state index is 10.2. The molecule has 2 heteroatoms. The van der Waals surface area contributed by atoms with Crippen LogP contribution < -0.4 is 5.06 Å². The van der Waals surface area contributed by atoms with Gasteiger partial charge in [0.15, 0.2) is 0 Å². The standard InChI is InChI=1S/C4H8NO/c6-5-3-1-2-4-5/h3,5H,1-2,4H2. The molecule has 6 heavy (non-hydrogen) atoms. The van der Waals surface area contributed by atoms with Crippen LogP contribution in [0.5, 0.6) is 0 Å². The summed E-state index contributed by atoms with van der Waals surface area (Å²) in [5.74, 6) is 0. The third kappa shape index (κ3) is 0.698. The molecular weight excluding hydrogens is 78.0 g/mol. The first-order chi connectivity index (χ1) is 2.89. The van der Waals surface area contributed by atoms with Crippen molar-refractivity contribution in [2.45, 2.75) is 12.8 Å². The maximum Gasteiger partial charge on any atom is 0.140 e. The molecule has 0 bridgehead atoms. The Kier molecular flexibility index (Phi) is 1.08. The molecule has 1 fully saturated rings. The first kappa shape index (κ1) is 4.09. The van der Waals surface area contributed by atoms with Gasteiger partial charge >= 0.3 is 0 Å². The van der Waals surface area contributed by atoms with E-state index < -0.39 is 0 Å². The van der Waals surface area contributed by atoms with Crippen LogP contribution in [0.4, 0.5) is 0 Å². The largest absolute Gasteiger partial charge is 0.634 e. The molecule has 0 spiro atoms. The summed E-state index contributed by atoms with van der Waals surface area (Å²) < 4.78 is 0. The Morgan fingerprint density at radius 2 is 2.50 bits per heavy atom. The molecule has 0 aromatic rings. The van der Waals surface area contributed by atoms with Crippen molar-refractivity contribution in [2.75, 3.05) is 6.54 Å². The van der Waals surface area contributed by atoms with E-state index in [1.54, 1.807) is 6.54 Å². The number of rotatable bonds is 0. The van der Waals surface area contributed by atoms with E-state index in [0.29, 0.717) is 5.06 Å². The van der Waals surface area contributed by atoms with Crippen molar-refractivity contribution in [3.05, 3.63) is 11.8 Å². The van der Waals surface area contributed by atoms with Gasteiger partial charge in [0.05, 0.1) is 6.54 Å². The van der Waals surface area contributed by atoms with Crippen LogP contribution in [0.2, 0.25) is 0 Å². The molecule has 1 radical (unpaired) electrons. The second-order valence-corrected chi connectivity index (χ2v) is 1.56. The van der Waals surface area contributed by atoms with Gasteiger partial charge in [-0.3, -0.25) is 0 Å². The predicted octanol–water partition coefficient (Wildman–Crippen LogP) is -0.675. The van der Waals surface area contributed by atoms with Gasteiger partial charge in [-0.25, -0.2) is 0 Å². The average molecular weight is 86.1 g/mol. The summed E-state index contributed by atoms with van der Waals surface area (Å²) in [6.07, 6.45) is 2.09. The number of hydrogen-bond acceptors (Lipinski definition) is 1. The van der Waals surface area contributed by atoms with Crippen LogP contribution in [0.15, 0.2) is 0 Å². The second kappa shape index (κ2) is 1.58. The summed E-state index contributed by atoms with van der Waals surface area (Å²) in [4.78, 5) is 0. The van der Waals surface area contributed by atoms with Crippen molar-refractivity contribution >= 4 is 0 Å². The Bertz CT molecular complexity index is 40.8. The zero-order valence-corrected chi connectivity index (χ0v) is 3.61. The molecule has 1 unspecified atom stereocenters. The van der Waals surface area contributed by atoms with Gasteiger partial charge in [0.2, 0.25) is 0 Å². The van der Waals surface area contributed by atoms with Gasteiger partial charge in [-0.05, 0) is 0 Å². The van der Waals surface area contributed by atoms with Crippen LogP contribution in [0.25, 0.3) is 0 Å². The van der Waals surface area contributed by atoms with Gasteiger partial charge in [-0.2, -0.15) is 0 Å². The van der Waals surface area contributed by atoms with Crippen molar-refractivity contribution in [3.63, 3.8) is 0 Å². The van der Waals surface area contributed by atoms with Crippen molar-refractivity contribution in [1.82, 2.24) is 0 Å². The summed E-state index contributed by atoms with van der Waals surface area (Å²) in [6, 6.07) is 0. The quantitative estimate of drug-likeness (QED) is 0.389. The molecule has 1 rings (SSSR count). The van der Waals surface area contributed by atoms with Crippen molar-refractivity contribution < 1.29 is 5.06 Å². The van der Waals surface area contributed by atoms with E-state index in [1.807, 2.05) is 0 Å². The molecule has 1 aliphatic rings. The van der Waals surface area contributed by atoms with Gasteiger partial charge < -0.3 is 10.3 Å². The smallest absolute Gasteiger partial charge is 0.140 e. The Labute approximate surface area is 37.3 Å². The van der Waals surface area contributed by atoms with E-state index >= 15 is 0 Å². The van der Waals surface area contributed by atoms with Crippen LogP contribution in [-0.2, 0) is 0 Å². The Hall–Kier alpha value is -0.0800. The molecule has 35 valence electrons. The lowest BCUT2D eigenvalue weighted by Crippen LogP contribution is -3.02. The fourth-order valence-corrected chi connectivity index (χ4v) is 0.641. The number of quaternary nitrogens is 1. The van der Waals surface area contributed by atoms with Crippen LogP contribution in [0, 0.1) is 11.8 Å². The number of nitrogens with one attached hydrogen (secondary N) is 1. The topological polar surface area (TPSA) is 27.5 Å². The minimum Gasteiger partial charge on any atom is -0.634 e. The summed E-state index contributed by atoms with van der Waals surface area (Å²) >= 11 is 0. The minimum atomic E-state index is 0.329. The maximum atomic E-state index is 10.2. The molecule has 0 aromatic carbocycles. The SMILES string of the molecule is [O-][NH+]1[CH]CCC1. The minimum absolute atomic E-state index is 0.329. The number of hydroxylamine groups is 2. The van der Waals surface area contributed by atoms with Gasteiger partial charge in [-0.15, -0.1) is 0 Å². The van der Waals surface area contributed by atoms with Crippen LogP contribution in [0.1, 0.15) is 12.8 Å². The summed E-state index contributed by atoms with van der Waals surface area (Å²) in [5, 5.41) is 10.5. The Morgan fingerprint density at radius 1 is 1.67 bits per heavy atom. The van der Waals surface area contributed by atoms with E-state index in [9.17, 15) is 5.21 Å². The van der Waals surface area contributed by atoms with Crippen LogP contribution in [0.3, 0.4) is 0 Å². The molecule has 1 heterocycles. The third-order valence-electron chi connectivity index (χ3n) is 0.999. The molecular formula is C4H8NO. The van der Waals surface area contributed by atoms with Crippen LogP contribution in [-0.4, -0.2) is 6.54 Å². The molecule has 1 aliphatic heterocycles. The summed E-state index contributed by atoms with van der Waals surface area (Å²) in [7, 11) is 0. The van der Waals surface area contributed by atoms with E-state index in [4.69, 9.17) is 0 Å². The fourth-order valence-electron chi connectivity index (χ4n) is 0.641. The summed E-state index contributed by atoms with van der Waals surface area (Å²) in [5.41, 5.74) is 0. The first-order valence-electron chi connectivity index (χ1n) is 2.25. The van der Waals surface area contributed by atoms with E-state index in [0.717, 1.165) is 19.4 Å². The zero-order chi connectivity index (χ0) is 4.41. The van der Waals surface area contributed by atoms with E-state index in [1.165, 1.54) is 0 Å². The van der Waals surface area contributed by atoms with Crippen LogP contribution >= 0.6 is 0 Å². The number of hydrogen-bond donors (Lipinski definition) is 1. The van der Waals surface area contributed by atoms with E-state index in [-0.39, 0.29) is 0 Å². The van der Waals surface area contributed by atoms with Gasteiger partial charge in [0, 0.05) is 12.8 Å². The molecule has 0 aliphatic carbocycles. The normalized spacial score (nSPS) is 25.5. The van der Waals surface area contributed by atoms with Crippen molar-refractivity contribution in [3.8, 4) is 0 Å². The van der Waals surface area contributed by atoms with Crippen molar-refractivity contribution in [1.29, 1.82) is 0 Å². The lowest BCUT2D eigenvalue weighted by atomic mass is 10.4. The molecule has 0 saturated carbocycles.